The van der Waals surface area contributed by atoms with Gasteiger partial charge >= 0.3 is 0 Å². The Hall–Kier alpha value is -1.40. The summed E-state index contributed by atoms with van der Waals surface area (Å²) in [5.41, 5.74) is 0.804. The Kier molecular flexibility index (Phi) is 5.98. The number of alkyl halides is 2. The molecule has 0 saturated heterocycles. The van der Waals surface area contributed by atoms with Crippen molar-refractivity contribution in [2.75, 3.05) is 26.9 Å². The molecule has 0 saturated carbocycles. The molecule has 6 heteroatoms. The van der Waals surface area contributed by atoms with Crippen LogP contribution in [0, 0.1) is 0 Å². The lowest BCUT2D eigenvalue weighted by Gasteiger charge is -2.15. The maximum absolute atomic E-state index is 12.8. The lowest BCUT2D eigenvalue weighted by Crippen LogP contribution is -2.35. The fourth-order valence-corrected chi connectivity index (χ4v) is 1.54. The summed E-state index contributed by atoms with van der Waals surface area (Å²) in [6, 6.07) is 5.24. The highest BCUT2D eigenvalue weighted by molar-refractivity contribution is 5.42. The van der Waals surface area contributed by atoms with E-state index in [4.69, 9.17) is 14.6 Å². The summed E-state index contributed by atoms with van der Waals surface area (Å²) in [4.78, 5) is 0. The molecule has 0 heterocycles. The molecule has 0 bridgehead atoms. The van der Waals surface area contributed by atoms with Crippen LogP contribution in [-0.4, -0.2) is 37.9 Å². The zero-order valence-electron chi connectivity index (χ0n) is 11.1. The Morgan fingerprint density at radius 2 is 2.05 bits per heavy atom. The highest BCUT2D eigenvalue weighted by Gasteiger charge is 2.26. The molecule has 0 aliphatic rings. The van der Waals surface area contributed by atoms with Gasteiger partial charge in [-0.15, -0.1) is 0 Å². The standard InChI is InChI=1S/C13H19F2NO3/c1-3-19-12-6-10(4-5-11(12)18-2)7-16-8-13(14,15)9-17/h4-6,16-17H,3,7-9H2,1-2H3. The lowest BCUT2D eigenvalue weighted by molar-refractivity contribution is -0.0477. The van der Waals surface area contributed by atoms with E-state index in [0.29, 0.717) is 18.1 Å². The van der Waals surface area contributed by atoms with Gasteiger partial charge in [-0.1, -0.05) is 6.07 Å². The number of hydrogen-bond donors (Lipinski definition) is 2. The molecular weight excluding hydrogens is 256 g/mol. The van der Waals surface area contributed by atoms with Gasteiger partial charge in [-0.3, -0.25) is 0 Å². The zero-order valence-corrected chi connectivity index (χ0v) is 11.1. The second kappa shape index (κ2) is 7.25. The topological polar surface area (TPSA) is 50.7 Å². The summed E-state index contributed by atoms with van der Waals surface area (Å²) in [6.45, 7) is 0.883. The fraction of sp³-hybridized carbons (Fsp3) is 0.538. The minimum absolute atomic E-state index is 0.264. The van der Waals surface area contributed by atoms with Crippen LogP contribution in [0.15, 0.2) is 18.2 Å². The molecule has 1 aromatic rings. The normalized spacial score (nSPS) is 11.4. The van der Waals surface area contributed by atoms with E-state index >= 15 is 0 Å². The molecule has 1 rings (SSSR count). The van der Waals surface area contributed by atoms with E-state index in [1.54, 1.807) is 18.2 Å². The SMILES string of the molecule is CCOc1cc(CNCC(F)(F)CO)ccc1OC. The third kappa shape index (κ3) is 5.00. The van der Waals surface area contributed by atoms with Crippen molar-refractivity contribution in [1.29, 1.82) is 0 Å². The van der Waals surface area contributed by atoms with Crippen LogP contribution in [0.5, 0.6) is 11.5 Å². The fourth-order valence-electron chi connectivity index (χ4n) is 1.54. The molecule has 0 aromatic heterocycles. The molecule has 108 valence electrons. The van der Waals surface area contributed by atoms with Crippen molar-refractivity contribution in [2.45, 2.75) is 19.4 Å². The van der Waals surface area contributed by atoms with E-state index in [0.717, 1.165) is 5.56 Å². The zero-order chi connectivity index (χ0) is 14.3. The summed E-state index contributed by atoms with van der Waals surface area (Å²) >= 11 is 0. The van der Waals surface area contributed by atoms with Gasteiger partial charge in [0.15, 0.2) is 11.5 Å². The first-order valence-electron chi connectivity index (χ1n) is 6.01. The molecule has 1 aromatic carbocycles. The number of aliphatic hydroxyl groups is 1. The van der Waals surface area contributed by atoms with Crippen LogP contribution in [0.1, 0.15) is 12.5 Å². The Bertz CT molecular complexity index is 399. The number of hydrogen-bond acceptors (Lipinski definition) is 4. The van der Waals surface area contributed by atoms with Gasteiger partial charge in [0.1, 0.15) is 6.61 Å². The summed E-state index contributed by atoms with van der Waals surface area (Å²) in [7, 11) is 1.54. The van der Waals surface area contributed by atoms with Crippen LogP contribution in [0.3, 0.4) is 0 Å². The van der Waals surface area contributed by atoms with Crippen LogP contribution in [0.25, 0.3) is 0 Å². The van der Waals surface area contributed by atoms with Crippen molar-refractivity contribution < 1.29 is 23.4 Å². The molecule has 0 atom stereocenters. The second-order valence-electron chi connectivity index (χ2n) is 4.04. The average molecular weight is 275 g/mol. The number of ether oxygens (including phenoxy) is 2. The van der Waals surface area contributed by atoms with Crippen LogP contribution in [0.2, 0.25) is 0 Å². The largest absolute Gasteiger partial charge is 0.493 e. The molecule has 2 N–H and O–H groups in total. The van der Waals surface area contributed by atoms with Gasteiger partial charge in [0.05, 0.1) is 20.3 Å². The van der Waals surface area contributed by atoms with Crippen LogP contribution >= 0.6 is 0 Å². The highest BCUT2D eigenvalue weighted by Crippen LogP contribution is 2.28. The lowest BCUT2D eigenvalue weighted by atomic mass is 10.2. The molecule has 0 fully saturated rings. The molecule has 0 radical (unpaired) electrons. The van der Waals surface area contributed by atoms with Gasteiger partial charge in [0, 0.05) is 6.54 Å². The molecule has 19 heavy (non-hydrogen) atoms. The maximum atomic E-state index is 12.8. The van der Waals surface area contributed by atoms with Crippen molar-refractivity contribution in [3.05, 3.63) is 23.8 Å². The third-order valence-electron chi connectivity index (χ3n) is 2.47. The number of methoxy groups -OCH3 is 1. The van der Waals surface area contributed by atoms with E-state index in [1.165, 1.54) is 7.11 Å². The Morgan fingerprint density at radius 1 is 1.32 bits per heavy atom. The Morgan fingerprint density at radius 3 is 2.63 bits per heavy atom. The first-order valence-corrected chi connectivity index (χ1v) is 6.01. The number of aliphatic hydroxyl groups excluding tert-OH is 1. The van der Waals surface area contributed by atoms with E-state index in [-0.39, 0.29) is 6.54 Å². The monoisotopic (exact) mass is 275 g/mol. The third-order valence-corrected chi connectivity index (χ3v) is 2.47. The van der Waals surface area contributed by atoms with Crippen LogP contribution < -0.4 is 14.8 Å². The van der Waals surface area contributed by atoms with Gasteiger partial charge in [0.2, 0.25) is 0 Å². The van der Waals surface area contributed by atoms with E-state index in [9.17, 15) is 8.78 Å². The number of benzene rings is 1. The highest BCUT2D eigenvalue weighted by atomic mass is 19.3. The van der Waals surface area contributed by atoms with Crippen molar-refractivity contribution in [2.24, 2.45) is 0 Å². The summed E-state index contributed by atoms with van der Waals surface area (Å²) in [5.74, 6) is -1.92. The van der Waals surface area contributed by atoms with Crippen LogP contribution in [0.4, 0.5) is 8.78 Å². The maximum Gasteiger partial charge on any atom is 0.282 e. The minimum Gasteiger partial charge on any atom is -0.493 e. The summed E-state index contributed by atoms with van der Waals surface area (Å²) in [5, 5.41) is 11.0. The number of halogens is 2. The first kappa shape index (κ1) is 15.7. The first-order chi connectivity index (χ1) is 9.02. The van der Waals surface area contributed by atoms with Gasteiger partial charge < -0.3 is 19.9 Å². The van der Waals surface area contributed by atoms with E-state index < -0.39 is 19.1 Å². The second-order valence-corrected chi connectivity index (χ2v) is 4.04. The smallest absolute Gasteiger partial charge is 0.282 e. The minimum atomic E-state index is -3.10. The number of nitrogens with one attached hydrogen (secondary N) is 1. The van der Waals surface area contributed by atoms with Crippen molar-refractivity contribution in [1.82, 2.24) is 5.32 Å². The Labute approximate surface area is 111 Å². The van der Waals surface area contributed by atoms with Crippen LogP contribution in [-0.2, 0) is 6.54 Å². The molecule has 0 unspecified atom stereocenters. The number of rotatable bonds is 8. The quantitative estimate of drug-likeness (QED) is 0.759. The van der Waals surface area contributed by atoms with Gasteiger partial charge in [-0.2, -0.15) is 0 Å². The Balaban J connectivity index is 2.61. The molecule has 4 nitrogen and oxygen atoms in total. The average Bonchev–Trinajstić information content (AvgIpc) is 2.39. The van der Waals surface area contributed by atoms with Gasteiger partial charge in [-0.25, -0.2) is 8.78 Å². The summed E-state index contributed by atoms with van der Waals surface area (Å²) in [6.07, 6.45) is 0. The van der Waals surface area contributed by atoms with E-state index in [2.05, 4.69) is 5.32 Å². The van der Waals surface area contributed by atoms with Gasteiger partial charge in [-0.05, 0) is 24.6 Å². The molecule has 0 spiro atoms. The van der Waals surface area contributed by atoms with Crippen molar-refractivity contribution >= 4 is 0 Å². The van der Waals surface area contributed by atoms with Gasteiger partial charge in [0.25, 0.3) is 5.92 Å². The molecule has 0 amide bonds. The van der Waals surface area contributed by atoms with Crippen molar-refractivity contribution in [3.8, 4) is 11.5 Å². The molecule has 0 aliphatic carbocycles. The summed E-state index contributed by atoms with van der Waals surface area (Å²) < 4.78 is 36.2. The van der Waals surface area contributed by atoms with E-state index in [1.807, 2.05) is 6.92 Å². The predicted molar refractivity (Wildman–Crippen MR) is 67.9 cm³/mol. The molecular formula is C13H19F2NO3. The van der Waals surface area contributed by atoms with Crippen molar-refractivity contribution in [3.63, 3.8) is 0 Å². The predicted octanol–water partition coefficient (Wildman–Crippen LogP) is 1.81. The molecule has 0 aliphatic heterocycles.